The van der Waals surface area contributed by atoms with Gasteiger partial charge in [-0.25, -0.2) is 4.79 Å². The summed E-state index contributed by atoms with van der Waals surface area (Å²) >= 11 is 2.99. The second-order valence-corrected chi connectivity index (χ2v) is 11.7. The molecule has 5 aliphatic rings. The van der Waals surface area contributed by atoms with E-state index in [-0.39, 0.29) is 29.8 Å². The molecule has 3 amide bonds. The molecule has 33 heavy (non-hydrogen) atoms. The van der Waals surface area contributed by atoms with Crippen LogP contribution in [0.25, 0.3) is 0 Å². The molecule has 6 rings (SSSR count). The summed E-state index contributed by atoms with van der Waals surface area (Å²) in [4.78, 5) is 51.7. The van der Waals surface area contributed by atoms with Crippen molar-refractivity contribution in [3.63, 3.8) is 0 Å². The molecule has 0 aliphatic carbocycles. The Labute approximate surface area is 199 Å². The van der Waals surface area contributed by atoms with Crippen LogP contribution in [-0.4, -0.2) is 81.5 Å². The maximum absolute atomic E-state index is 12.9. The first kappa shape index (κ1) is 22.4. The average Bonchev–Trinajstić information content (AvgIpc) is 3.31. The molecule has 6 heterocycles. The first-order valence-electron chi connectivity index (χ1n) is 11.1. The number of primary amides is 1. The number of quaternary nitrogens is 1. The highest BCUT2D eigenvalue weighted by atomic mass is 32.2. The molecule has 4 fully saturated rings. The first-order chi connectivity index (χ1) is 15.7. The Morgan fingerprint density at radius 3 is 2.52 bits per heavy atom. The zero-order valence-electron chi connectivity index (χ0n) is 18.1. The van der Waals surface area contributed by atoms with Gasteiger partial charge in [0.15, 0.2) is 0 Å². The van der Waals surface area contributed by atoms with Gasteiger partial charge >= 0.3 is 5.97 Å². The molecule has 0 unspecified atom stereocenters. The van der Waals surface area contributed by atoms with E-state index >= 15 is 0 Å². The third-order valence-electron chi connectivity index (χ3n) is 7.72. The predicted octanol–water partition coefficient (Wildman–Crippen LogP) is 0.515. The van der Waals surface area contributed by atoms with Gasteiger partial charge in [0.05, 0.1) is 31.5 Å². The third kappa shape index (κ3) is 3.75. The fraction of sp³-hybridized carbons (Fsp3) is 0.545. The van der Waals surface area contributed by atoms with Crippen LogP contribution in [0.5, 0.6) is 0 Å². The van der Waals surface area contributed by atoms with Gasteiger partial charge in [0, 0.05) is 35.5 Å². The Morgan fingerprint density at radius 1 is 1.24 bits per heavy atom. The summed E-state index contributed by atoms with van der Waals surface area (Å²) in [6, 6.07) is 3.04. The number of carbonyl (C=O) groups is 4. The highest BCUT2D eigenvalue weighted by Gasteiger charge is 2.56. The van der Waals surface area contributed by atoms with Gasteiger partial charge in [0.2, 0.25) is 11.8 Å². The van der Waals surface area contributed by atoms with Gasteiger partial charge in [-0.2, -0.15) is 0 Å². The predicted molar refractivity (Wildman–Crippen MR) is 123 cm³/mol. The van der Waals surface area contributed by atoms with Crippen LogP contribution in [-0.2, 0) is 25.6 Å². The van der Waals surface area contributed by atoms with Gasteiger partial charge < -0.3 is 20.6 Å². The SMILES string of the molecule is NC(=O)C12CC[N+](CC3=C(C(=O)O)N4C(=O)[C@@H](NC(=O)Cc5cccs5)[C@@H]4SC3)(CC1)CC2. The fourth-order valence-electron chi connectivity index (χ4n) is 5.68. The van der Waals surface area contributed by atoms with Gasteiger partial charge in [0.25, 0.3) is 5.91 Å². The molecule has 0 radical (unpaired) electrons. The summed E-state index contributed by atoms with van der Waals surface area (Å²) in [7, 11) is 0. The second-order valence-electron chi connectivity index (χ2n) is 9.53. The number of aliphatic carboxylic acids is 1. The molecule has 5 aliphatic heterocycles. The molecule has 1 aromatic heterocycles. The molecule has 0 saturated carbocycles. The van der Waals surface area contributed by atoms with E-state index in [1.54, 1.807) is 0 Å². The maximum atomic E-state index is 12.9. The van der Waals surface area contributed by atoms with Crippen LogP contribution in [0, 0.1) is 5.41 Å². The van der Waals surface area contributed by atoms with Crippen molar-refractivity contribution in [3.8, 4) is 0 Å². The lowest BCUT2D eigenvalue weighted by Crippen LogP contribution is -2.71. The number of piperidine rings is 3. The Bertz CT molecular complexity index is 1030. The minimum Gasteiger partial charge on any atom is -0.477 e. The Hall–Kier alpha value is -2.37. The largest absolute Gasteiger partial charge is 0.477 e. The van der Waals surface area contributed by atoms with E-state index in [4.69, 9.17) is 5.73 Å². The molecular formula is C22H27N4O5S2+. The smallest absolute Gasteiger partial charge is 0.352 e. The van der Waals surface area contributed by atoms with Crippen LogP contribution in [0.4, 0.5) is 0 Å². The number of hydrogen-bond donors (Lipinski definition) is 3. The van der Waals surface area contributed by atoms with Gasteiger partial charge in [-0.05, 0) is 11.4 Å². The van der Waals surface area contributed by atoms with E-state index in [9.17, 15) is 24.3 Å². The highest BCUT2D eigenvalue weighted by Crippen LogP contribution is 2.46. The van der Waals surface area contributed by atoms with E-state index in [0.29, 0.717) is 12.3 Å². The van der Waals surface area contributed by atoms with Crippen molar-refractivity contribution in [1.82, 2.24) is 10.2 Å². The number of thiophene rings is 1. The third-order valence-corrected chi connectivity index (χ3v) is 9.94. The number of hydrogen-bond acceptors (Lipinski definition) is 6. The number of fused-ring (bicyclic) bond motifs is 4. The van der Waals surface area contributed by atoms with E-state index in [0.717, 1.165) is 53.8 Å². The van der Waals surface area contributed by atoms with E-state index in [2.05, 4.69) is 5.32 Å². The summed E-state index contributed by atoms with van der Waals surface area (Å²) in [5.41, 5.74) is 6.08. The van der Waals surface area contributed by atoms with Crippen molar-refractivity contribution < 1.29 is 28.8 Å². The van der Waals surface area contributed by atoms with E-state index in [1.807, 2.05) is 17.5 Å². The van der Waals surface area contributed by atoms with Gasteiger partial charge in [0.1, 0.15) is 23.7 Å². The van der Waals surface area contributed by atoms with E-state index < -0.39 is 22.8 Å². The van der Waals surface area contributed by atoms with Gasteiger partial charge in [-0.1, -0.05) is 6.07 Å². The number of carboxylic acids is 1. The van der Waals surface area contributed by atoms with Gasteiger partial charge in [-0.3, -0.25) is 19.3 Å². The van der Waals surface area contributed by atoms with Crippen LogP contribution < -0.4 is 11.1 Å². The molecule has 176 valence electrons. The molecule has 9 nitrogen and oxygen atoms in total. The minimum atomic E-state index is -1.11. The Kier molecular flexibility index (Phi) is 5.53. The van der Waals surface area contributed by atoms with Crippen molar-refractivity contribution in [2.24, 2.45) is 11.1 Å². The molecule has 11 heteroatoms. The number of nitrogens with zero attached hydrogens (tertiary/aromatic N) is 2. The summed E-state index contributed by atoms with van der Waals surface area (Å²) in [5.74, 6) is -1.42. The normalized spacial score (nSPS) is 32.8. The number of carboxylic acid groups (broad SMARTS) is 1. The number of amides is 3. The zero-order chi connectivity index (χ0) is 23.4. The second kappa shape index (κ2) is 8.14. The molecule has 4 saturated heterocycles. The number of nitrogens with two attached hydrogens (primary N) is 1. The lowest BCUT2D eigenvalue weighted by molar-refractivity contribution is -0.940. The van der Waals surface area contributed by atoms with Crippen molar-refractivity contribution in [2.45, 2.75) is 37.1 Å². The molecule has 2 atom stereocenters. The summed E-state index contributed by atoms with van der Waals surface area (Å²) < 4.78 is 0.745. The summed E-state index contributed by atoms with van der Waals surface area (Å²) in [6.45, 7) is 2.95. The van der Waals surface area contributed by atoms with Crippen molar-refractivity contribution in [1.29, 1.82) is 0 Å². The van der Waals surface area contributed by atoms with Crippen LogP contribution in [0.15, 0.2) is 28.8 Å². The molecule has 1 aromatic rings. The standard InChI is InChI=1S/C22H26N4O5S2/c23-21(31)22-3-6-26(7-4-22,8-5-22)11-13-12-33-19-16(18(28)25(19)17(13)20(29)30)24-15(27)10-14-2-1-9-32-14/h1-2,9,16,19H,3-8,10-12H2,(H3-,23,24,27,29,30,31)/p+1/t16-,19+,22?,26?/m1/s1. The Balaban J connectivity index is 1.29. The minimum absolute atomic E-state index is 0.0670. The number of rotatable bonds is 7. The molecule has 0 spiro atoms. The van der Waals surface area contributed by atoms with Gasteiger partial charge in [-0.15, -0.1) is 23.1 Å². The van der Waals surface area contributed by atoms with E-state index in [1.165, 1.54) is 28.0 Å². The summed E-state index contributed by atoms with van der Waals surface area (Å²) in [5, 5.41) is 14.3. The number of thioether (sulfide) groups is 1. The van der Waals surface area contributed by atoms with Crippen molar-refractivity contribution >= 4 is 46.8 Å². The molecule has 2 bridgehead atoms. The lowest BCUT2D eigenvalue weighted by atomic mass is 9.70. The van der Waals surface area contributed by atoms with Crippen molar-refractivity contribution in [3.05, 3.63) is 33.7 Å². The molecule has 4 N–H and O–H groups in total. The van der Waals surface area contributed by atoms with Crippen molar-refractivity contribution in [2.75, 3.05) is 31.9 Å². The first-order valence-corrected chi connectivity index (χ1v) is 13.0. The summed E-state index contributed by atoms with van der Waals surface area (Å²) in [6.07, 6.45) is 2.40. The highest BCUT2D eigenvalue weighted by molar-refractivity contribution is 8.00. The number of carbonyl (C=O) groups excluding carboxylic acids is 3. The fourth-order valence-corrected chi connectivity index (χ4v) is 7.72. The number of β-lactam (4-membered cyclic amide) rings is 1. The van der Waals surface area contributed by atoms with Crippen LogP contribution >= 0.6 is 23.1 Å². The average molecular weight is 492 g/mol. The van der Waals surface area contributed by atoms with Crippen LogP contribution in [0.3, 0.4) is 0 Å². The molecular weight excluding hydrogens is 464 g/mol. The lowest BCUT2D eigenvalue weighted by Gasteiger charge is -2.55. The monoisotopic (exact) mass is 491 g/mol. The molecule has 0 aromatic carbocycles. The van der Waals surface area contributed by atoms with Crippen LogP contribution in [0.2, 0.25) is 0 Å². The Morgan fingerprint density at radius 2 is 1.94 bits per heavy atom. The maximum Gasteiger partial charge on any atom is 0.352 e. The zero-order valence-corrected chi connectivity index (χ0v) is 19.8. The number of nitrogens with one attached hydrogen (secondary N) is 1. The topological polar surface area (TPSA) is 130 Å². The van der Waals surface area contributed by atoms with Crippen LogP contribution in [0.1, 0.15) is 24.1 Å². The quantitative estimate of drug-likeness (QED) is 0.377.